The van der Waals surface area contributed by atoms with E-state index in [4.69, 9.17) is 11.5 Å². The number of carbonyl (C=O) groups is 4. The summed E-state index contributed by atoms with van der Waals surface area (Å²) in [5.74, 6) is -4.23. The molecule has 6 atom stereocenters. The van der Waals surface area contributed by atoms with E-state index in [9.17, 15) is 34.5 Å². The number of hydrogen-bond donors (Lipinski definition) is 8. The largest absolute Gasteiger partial charge is 0.480 e. The highest BCUT2D eigenvalue weighted by molar-refractivity contribution is 5.94. The Labute approximate surface area is 182 Å². The molecule has 6 unspecified atom stereocenters. The molecule has 31 heavy (non-hydrogen) atoms. The van der Waals surface area contributed by atoms with Crippen LogP contribution in [-0.2, 0) is 19.2 Å². The Morgan fingerprint density at radius 1 is 0.774 bits per heavy atom. The third kappa shape index (κ3) is 10.0. The minimum absolute atomic E-state index is 0.335. The van der Waals surface area contributed by atoms with E-state index < -0.39 is 66.0 Å². The number of hydrogen-bond acceptors (Lipinski definition) is 8. The molecule has 12 heteroatoms. The van der Waals surface area contributed by atoms with Crippen LogP contribution < -0.4 is 27.4 Å². The number of aliphatic hydroxyl groups excluding tert-OH is 2. The van der Waals surface area contributed by atoms with E-state index in [1.165, 1.54) is 13.8 Å². The van der Waals surface area contributed by atoms with Crippen molar-refractivity contribution in [1.82, 2.24) is 16.0 Å². The summed E-state index contributed by atoms with van der Waals surface area (Å²) in [6.45, 7) is 6.13. The topological polar surface area (TPSA) is 217 Å². The smallest absolute Gasteiger partial charge is 0.326 e. The molecule has 0 aromatic rings. The maximum Gasteiger partial charge on any atom is 0.326 e. The quantitative estimate of drug-likeness (QED) is 0.131. The average Bonchev–Trinajstić information content (AvgIpc) is 2.66. The number of nitrogens with one attached hydrogen (secondary N) is 3. The fraction of sp³-hybridized carbons (Fsp3) is 0.789. The Bertz CT molecular complexity index is 612. The van der Waals surface area contributed by atoms with Gasteiger partial charge >= 0.3 is 5.97 Å². The highest BCUT2D eigenvalue weighted by atomic mass is 16.4. The third-order valence-electron chi connectivity index (χ3n) is 4.66. The van der Waals surface area contributed by atoms with Crippen molar-refractivity contribution in [2.45, 2.75) is 83.3 Å². The normalized spacial score (nSPS) is 17.1. The molecule has 180 valence electrons. The summed E-state index contributed by atoms with van der Waals surface area (Å²) in [6, 6.07) is -5.10. The second kappa shape index (κ2) is 13.9. The Morgan fingerprint density at radius 2 is 1.19 bits per heavy atom. The van der Waals surface area contributed by atoms with Gasteiger partial charge in [-0.1, -0.05) is 20.3 Å². The molecule has 0 aliphatic heterocycles. The van der Waals surface area contributed by atoms with Crippen LogP contribution >= 0.6 is 0 Å². The van der Waals surface area contributed by atoms with Gasteiger partial charge in [0, 0.05) is 0 Å². The predicted molar refractivity (Wildman–Crippen MR) is 113 cm³/mol. The molecule has 0 saturated heterocycles. The molecule has 0 saturated carbocycles. The predicted octanol–water partition coefficient (Wildman–Crippen LogP) is -2.60. The van der Waals surface area contributed by atoms with Gasteiger partial charge in [0.05, 0.1) is 18.2 Å². The molecule has 0 aromatic heterocycles. The number of aliphatic hydroxyl groups is 2. The molecular formula is C19H37N5O7. The van der Waals surface area contributed by atoms with Crippen molar-refractivity contribution in [2.24, 2.45) is 17.4 Å². The van der Waals surface area contributed by atoms with Crippen LogP contribution in [0.4, 0.5) is 0 Å². The van der Waals surface area contributed by atoms with Crippen molar-refractivity contribution in [1.29, 1.82) is 0 Å². The molecule has 0 spiro atoms. The molecule has 0 radical (unpaired) electrons. The van der Waals surface area contributed by atoms with Crippen LogP contribution in [0.15, 0.2) is 0 Å². The first-order valence-electron chi connectivity index (χ1n) is 10.3. The first-order chi connectivity index (χ1) is 14.3. The molecule has 0 fully saturated rings. The Morgan fingerprint density at radius 3 is 1.55 bits per heavy atom. The van der Waals surface area contributed by atoms with Gasteiger partial charge in [-0.25, -0.2) is 4.79 Å². The lowest BCUT2D eigenvalue weighted by molar-refractivity contribution is -0.144. The van der Waals surface area contributed by atoms with Gasteiger partial charge in [-0.15, -0.1) is 0 Å². The standard InChI is InChI=1S/C19H37N5O7/c1-9(2)13(19(30)31)22-17(28)15(11(4)26)24-18(29)14(10(3)25)23-16(27)12(21)7-5-6-8-20/h9-15,25-26H,5-8,20-21H2,1-4H3,(H,22,28)(H,23,27)(H,24,29)(H,30,31). The highest BCUT2D eigenvalue weighted by Gasteiger charge is 2.34. The second-order valence-corrected chi connectivity index (χ2v) is 7.91. The summed E-state index contributed by atoms with van der Waals surface area (Å²) < 4.78 is 0. The van der Waals surface area contributed by atoms with E-state index in [0.717, 1.165) is 0 Å². The van der Waals surface area contributed by atoms with Gasteiger partial charge in [-0.3, -0.25) is 14.4 Å². The van der Waals surface area contributed by atoms with E-state index >= 15 is 0 Å². The molecule has 0 heterocycles. The summed E-state index contributed by atoms with van der Waals surface area (Å²) in [6.07, 6.45) is -1.08. The van der Waals surface area contributed by atoms with Gasteiger partial charge in [0.15, 0.2) is 0 Å². The fourth-order valence-electron chi connectivity index (χ4n) is 2.71. The minimum atomic E-state index is -1.51. The van der Waals surface area contributed by atoms with Crippen LogP contribution in [0.3, 0.4) is 0 Å². The van der Waals surface area contributed by atoms with E-state index in [2.05, 4.69) is 16.0 Å². The zero-order chi connectivity index (χ0) is 24.3. The van der Waals surface area contributed by atoms with E-state index in [1.807, 2.05) is 0 Å². The van der Waals surface area contributed by atoms with Gasteiger partial charge in [0.25, 0.3) is 0 Å². The lowest BCUT2D eigenvalue weighted by Crippen LogP contribution is -2.62. The number of unbranched alkanes of at least 4 members (excludes halogenated alkanes) is 1. The maximum atomic E-state index is 12.6. The fourth-order valence-corrected chi connectivity index (χ4v) is 2.71. The summed E-state index contributed by atoms with van der Waals surface area (Å²) in [4.78, 5) is 48.7. The van der Waals surface area contributed by atoms with Gasteiger partial charge in [0.2, 0.25) is 17.7 Å². The summed E-state index contributed by atoms with van der Waals surface area (Å²) in [5, 5.41) is 35.9. The van der Waals surface area contributed by atoms with E-state index in [-0.39, 0.29) is 0 Å². The molecule has 0 rings (SSSR count). The molecule has 3 amide bonds. The van der Waals surface area contributed by atoms with Gasteiger partial charge < -0.3 is 42.7 Å². The first-order valence-corrected chi connectivity index (χ1v) is 10.3. The third-order valence-corrected chi connectivity index (χ3v) is 4.66. The van der Waals surface area contributed by atoms with Crippen molar-refractivity contribution in [3.8, 4) is 0 Å². The Kier molecular flexibility index (Phi) is 12.9. The zero-order valence-electron chi connectivity index (χ0n) is 18.5. The molecule has 12 nitrogen and oxygen atoms in total. The van der Waals surface area contributed by atoms with Crippen molar-refractivity contribution in [3.63, 3.8) is 0 Å². The second-order valence-electron chi connectivity index (χ2n) is 7.91. The first kappa shape index (κ1) is 28.7. The SMILES string of the molecule is CC(C)C(NC(=O)C(NC(=O)C(NC(=O)C(N)CCCCN)C(C)O)C(C)O)C(=O)O. The lowest BCUT2D eigenvalue weighted by Gasteiger charge is -2.28. The monoisotopic (exact) mass is 447 g/mol. The zero-order valence-corrected chi connectivity index (χ0v) is 18.5. The molecule has 0 aromatic carbocycles. The summed E-state index contributed by atoms with van der Waals surface area (Å²) >= 11 is 0. The van der Waals surface area contributed by atoms with E-state index in [0.29, 0.717) is 25.8 Å². The minimum Gasteiger partial charge on any atom is -0.480 e. The van der Waals surface area contributed by atoms with Crippen LogP contribution in [0, 0.1) is 5.92 Å². The van der Waals surface area contributed by atoms with Gasteiger partial charge in [0.1, 0.15) is 18.1 Å². The molecule has 0 bridgehead atoms. The van der Waals surface area contributed by atoms with Gasteiger partial charge in [-0.05, 0) is 39.2 Å². The molecular weight excluding hydrogens is 410 g/mol. The number of aliphatic carboxylic acids is 1. The number of carbonyl (C=O) groups excluding carboxylic acids is 3. The van der Waals surface area contributed by atoms with Crippen molar-refractivity contribution in [3.05, 3.63) is 0 Å². The summed E-state index contributed by atoms with van der Waals surface area (Å²) in [5.41, 5.74) is 11.2. The lowest BCUT2D eigenvalue weighted by atomic mass is 10.0. The van der Waals surface area contributed by atoms with E-state index in [1.54, 1.807) is 13.8 Å². The number of rotatable bonds is 14. The number of amides is 3. The number of carboxylic acids is 1. The van der Waals surface area contributed by atoms with Crippen molar-refractivity contribution < 1.29 is 34.5 Å². The van der Waals surface area contributed by atoms with Crippen LogP contribution in [0.2, 0.25) is 0 Å². The maximum absolute atomic E-state index is 12.6. The Balaban J connectivity index is 5.25. The van der Waals surface area contributed by atoms with Crippen LogP contribution in [0.5, 0.6) is 0 Å². The van der Waals surface area contributed by atoms with Crippen LogP contribution in [0.1, 0.15) is 47.0 Å². The molecule has 0 aliphatic rings. The summed E-state index contributed by atoms with van der Waals surface area (Å²) in [7, 11) is 0. The van der Waals surface area contributed by atoms with Crippen molar-refractivity contribution in [2.75, 3.05) is 6.54 Å². The Hall–Kier alpha value is -2.28. The average molecular weight is 448 g/mol. The number of carboxylic acid groups (broad SMARTS) is 1. The van der Waals surface area contributed by atoms with Crippen LogP contribution in [-0.4, -0.2) is 81.9 Å². The van der Waals surface area contributed by atoms with Crippen LogP contribution in [0.25, 0.3) is 0 Å². The molecule has 10 N–H and O–H groups in total. The number of nitrogens with two attached hydrogens (primary N) is 2. The van der Waals surface area contributed by atoms with Crippen molar-refractivity contribution >= 4 is 23.7 Å². The molecule has 0 aliphatic carbocycles. The highest BCUT2D eigenvalue weighted by Crippen LogP contribution is 2.05. The van der Waals surface area contributed by atoms with Gasteiger partial charge in [-0.2, -0.15) is 0 Å².